The Morgan fingerprint density at radius 3 is 2.85 bits per heavy atom. The van der Waals surface area contributed by atoms with Crippen molar-refractivity contribution in [2.24, 2.45) is 0 Å². The number of halogens is 1. The third-order valence-electron chi connectivity index (χ3n) is 2.99. The number of para-hydroxylation sites is 1. The number of hydrogen-bond acceptors (Lipinski definition) is 5. The Hall–Kier alpha value is -1.31. The van der Waals surface area contributed by atoms with E-state index < -0.39 is 4.92 Å². The van der Waals surface area contributed by atoms with Crippen LogP contribution in [0.4, 0.5) is 5.69 Å². The molecular weight excluding hydrogens is 302 g/mol. The van der Waals surface area contributed by atoms with Crippen molar-refractivity contribution >= 4 is 35.8 Å². The molecule has 1 atom stereocenters. The second kappa shape index (κ2) is 7.47. The van der Waals surface area contributed by atoms with Crippen LogP contribution in [-0.2, 0) is 11.3 Å². The molecule has 1 unspecified atom stereocenters. The quantitative estimate of drug-likeness (QED) is 0.675. The summed E-state index contributed by atoms with van der Waals surface area (Å²) in [5, 5.41) is 14.0. The van der Waals surface area contributed by atoms with Crippen LogP contribution in [0.5, 0.6) is 0 Å². The molecule has 6 nitrogen and oxygen atoms in total. The van der Waals surface area contributed by atoms with Crippen molar-refractivity contribution < 1.29 is 9.72 Å². The largest absolute Gasteiger partial charge is 0.340 e. The summed E-state index contributed by atoms with van der Waals surface area (Å²) in [6, 6.07) is 6.32. The van der Waals surface area contributed by atoms with Crippen LogP contribution in [0.3, 0.4) is 0 Å². The Morgan fingerprint density at radius 1 is 1.55 bits per heavy atom. The topological polar surface area (TPSA) is 75.5 Å². The molecule has 110 valence electrons. The van der Waals surface area contributed by atoms with Gasteiger partial charge in [0.2, 0.25) is 5.91 Å². The minimum atomic E-state index is -0.419. The summed E-state index contributed by atoms with van der Waals surface area (Å²) >= 11 is 1.68. The van der Waals surface area contributed by atoms with E-state index in [0.717, 1.165) is 11.6 Å². The van der Waals surface area contributed by atoms with Crippen molar-refractivity contribution in [2.45, 2.75) is 12.6 Å². The molecule has 0 aliphatic carbocycles. The van der Waals surface area contributed by atoms with E-state index in [1.807, 2.05) is 0 Å². The standard InChI is InChI=1S/C12H15N3O3S.ClH/c1-14(12(16)10-7-19-8-13-10)6-9-4-2-3-5-11(9)15(17)18;/h2-5,10,13H,6-8H2,1H3;1H. The summed E-state index contributed by atoms with van der Waals surface area (Å²) in [4.78, 5) is 24.1. The summed E-state index contributed by atoms with van der Waals surface area (Å²) in [6.07, 6.45) is 0. The van der Waals surface area contributed by atoms with Crippen LogP contribution in [-0.4, -0.2) is 40.4 Å². The lowest BCUT2D eigenvalue weighted by Gasteiger charge is -2.20. The lowest BCUT2D eigenvalue weighted by Crippen LogP contribution is -2.42. The fraction of sp³-hybridized carbons (Fsp3) is 0.417. The number of amides is 1. The Morgan fingerprint density at radius 2 is 2.25 bits per heavy atom. The van der Waals surface area contributed by atoms with Gasteiger partial charge in [-0.3, -0.25) is 20.2 Å². The third-order valence-corrected chi connectivity index (χ3v) is 3.93. The van der Waals surface area contributed by atoms with Gasteiger partial charge in [0, 0.05) is 30.3 Å². The van der Waals surface area contributed by atoms with E-state index in [1.54, 1.807) is 37.0 Å². The number of nitrogens with one attached hydrogen (secondary N) is 1. The van der Waals surface area contributed by atoms with Crippen LogP contribution >= 0.6 is 24.2 Å². The smallest absolute Gasteiger partial charge is 0.274 e. The minimum absolute atomic E-state index is 0. The zero-order chi connectivity index (χ0) is 13.8. The lowest BCUT2D eigenvalue weighted by molar-refractivity contribution is -0.385. The maximum absolute atomic E-state index is 12.1. The second-order valence-corrected chi connectivity index (χ2v) is 5.38. The Labute approximate surface area is 127 Å². The minimum Gasteiger partial charge on any atom is -0.340 e. The van der Waals surface area contributed by atoms with E-state index in [0.29, 0.717) is 5.56 Å². The molecule has 1 aromatic carbocycles. The monoisotopic (exact) mass is 317 g/mol. The van der Waals surface area contributed by atoms with Gasteiger partial charge in [-0.15, -0.1) is 24.2 Å². The number of carbonyl (C=O) groups is 1. The van der Waals surface area contributed by atoms with Gasteiger partial charge < -0.3 is 4.90 Å². The molecule has 1 N–H and O–H groups in total. The predicted molar refractivity (Wildman–Crippen MR) is 81.1 cm³/mol. The summed E-state index contributed by atoms with van der Waals surface area (Å²) in [6.45, 7) is 0.249. The van der Waals surface area contributed by atoms with Crippen molar-refractivity contribution in [3.05, 3.63) is 39.9 Å². The fourth-order valence-corrected chi connectivity index (χ4v) is 2.91. The number of nitro groups is 1. The molecule has 1 fully saturated rings. The molecule has 20 heavy (non-hydrogen) atoms. The van der Waals surface area contributed by atoms with E-state index in [1.165, 1.54) is 11.0 Å². The number of rotatable bonds is 4. The maximum Gasteiger partial charge on any atom is 0.274 e. The van der Waals surface area contributed by atoms with Crippen LogP contribution in [0, 0.1) is 10.1 Å². The molecule has 8 heteroatoms. The first-order chi connectivity index (χ1) is 9.09. The molecule has 1 aliphatic heterocycles. The summed E-state index contributed by atoms with van der Waals surface area (Å²) in [5.41, 5.74) is 0.602. The van der Waals surface area contributed by atoms with Gasteiger partial charge in [0.15, 0.2) is 0 Å². The molecule has 0 bridgehead atoms. The van der Waals surface area contributed by atoms with Crippen molar-refractivity contribution in [2.75, 3.05) is 18.7 Å². The number of nitrogens with zero attached hydrogens (tertiary/aromatic N) is 2. The summed E-state index contributed by atoms with van der Waals surface area (Å²) in [7, 11) is 1.67. The van der Waals surface area contributed by atoms with E-state index >= 15 is 0 Å². The van der Waals surface area contributed by atoms with Crippen molar-refractivity contribution in [3.63, 3.8) is 0 Å². The Bertz CT molecular complexity index is 495. The van der Waals surface area contributed by atoms with Crippen LogP contribution in [0.15, 0.2) is 24.3 Å². The summed E-state index contributed by atoms with van der Waals surface area (Å²) in [5.74, 6) is 1.50. The van der Waals surface area contributed by atoms with E-state index in [4.69, 9.17) is 0 Å². The number of nitro benzene ring substituents is 1. The highest BCUT2D eigenvalue weighted by molar-refractivity contribution is 7.99. The third kappa shape index (κ3) is 3.84. The molecule has 0 spiro atoms. The summed E-state index contributed by atoms with van der Waals surface area (Å²) < 4.78 is 0. The van der Waals surface area contributed by atoms with Crippen molar-refractivity contribution in [1.82, 2.24) is 10.2 Å². The van der Waals surface area contributed by atoms with Crippen LogP contribution in [0.25, 0.3) is 0 Å². The number of likely N-dealkylation sites (N-methyl/N-ethyl adjacent to an activating group) is 1. The van der Waals surface area contributed by atoms with E-state index in [2.05, 4.69) is 5.32 Å². The van der Waals surface area contributed by atoms with Gasteiger partial charge in [-0.1, -0.05) is 18.2 Å². The van der Waals surface area contributed by atoms with Gasteiger partial charge in [-0.2, -0.15) is 0 Å². The molecule has 1 aromatic rings. The molecule has 0 aromatic heterocycles. The van der Waals surface area contributed by atoms with E-state index in [9.17, 15) is 14.9 Å². The van der Waals surface area contributed by atoms with Gasteiger partial charge >= 0.3 is 0 Å². The van der Waals surface area contributed by atoms with Gasteiger partial charge in [0.1, 0.15) is 0 Å². The average molecular weight is 318 g/mol. The molecule has 0 radical (unpaired) electrons. The molecule has 1 aliphatic rings. The SMILES string of the molecule is CN(Cc1ccccc1[N+](=O)[O-])C(=O)C1CSCN1.Cl. The number of thioether (sulfide) groups is 1. The highest BCUT2D eigenvalue weighted by Crippen LogP contribution is 2.20. The fourth-order valence-electron chi connectivity index (χ4n) is 1.98. The van der Waals surface area contributed by atoms with Crippen LogP contribution in [0.2, 0.25) is 0 Å². The van der Waals surface area contributed by atoms with Gasteiger partial charge in [0.05, 0.1) is 17.5 Å². The van der Waals surface area contributed by atoms with Crippen molar-refractivity contribution in [1.29, 1.82) is 0 Å². The van der Waals surface area contributed by atoms with Crippen molar-refractivity contribution in [3.8, 4) is 0 Å². The normalized spacial score (nSPS) is 17.4. The van der Waals surface area contributed by atoms with Gasteiger partial charge in [-0.05, 0) is 0 Å². The Kier molecular flexibility index (Phi) is 6.25. The predicted octanol–water partition coefficient (Wildman–Crippen LogP) is 1.64. The van der Waals surface area contributed by atoms with Gasteiger partial charge in [-0.25, -0.2) is 0 Å². The molecule has 0 saturated carbocycles. The molecule has 1 amide bonds. The molecule has 1 saturated heterocycles. The molecule has 2 rings (SSSR count). The zero-order valence-electron chi connectivity index (χ0n) is 10.9. The maximum atomic E-state index is 12.1. The second-order valence-electron chi connectivity index (χ2n) is 4.35. The number of benzene rings is 1. The first kappa shape index (κ1) is 16.7. The average Bonchev–Trinajstić information content (AvgIpc) is 2.92. The van der Waals surface area contributed by atoms with Crippen LogP contribution < -0.4 is 5.32 Å². The molecule has 1 heterocycles. The first-order valence-electron chi connectivity index (χ1n) is 5.88. The number of hydrogen-bond donors (Lipinski definition) is 1. The highest BCUT2D eigenvalue weighted by Gasteiger charge is 2.26. The highest BCUT2D eigenvalue weighted by atomic mass is 35.5. The lowest BCUT2D eigenvalue weighted by atomic mass is 10.1. The van der Waals surface area contributed by atoms with Crippen LogP contribution in [0.1, 0.15) is 5.56 Å². The zero-order valence-corrected chi connectivity index (χ0v) is 12.6. The van der Waals surface area contributed by atoms with E-state index in [-0.39, 0.29) is 36.6 Å². The first-order valence-corrected chi connectivity index (χ1v) is 7.03. The molecular formula is C12H16ClN3O3S. The Balaban J connectivity index is 0.00000200. The van der Waals surface area contributed by atoms with Gasteiger partial charge in [0.25, 0.3) is 5.69 Å². The number of carbonyl (C=O) groups excluding carboxylic acids is 1.